The number of amides is 1. The van der Waals surface area contributed by atoms with E-state index in [1.54, 1.807) is 6.92 Å². The number of hydrogen-bond donors (Lipinski definition) is 2. The number of aryl methyl sites for hydroxylation is 1. The molecule has 0 aliphatic heterocycles. The molecule has 176 valence electrons. The molecule has 0 fully saturated rings. The maximum atomic E-state index is 12.0. The van der Waals surface area contributed by atoms with Crippen molar-refractivity contribution in [1.29, 1.82) is 0 Å². The van der Waals surface area contributed by atoms with E-state index in [1.165, 1.54) is 17.5 Å². The molecule has 0 saturated heterocycles. The quantitative estimate of drug-likeness (QED) is 0.351. The van der Waals surface area contributed by atoms with Crippen molar-refractivity contribution in [2.75, 3.05) is 11.1 Å². The molecule has 0 bridgehead atoms. The first-order valence-corrected chi connectivity index (χ1v) is 11.8. The van der Waals surface area contributed by atoms with Gasteiger partial charge in [0.2, 0.25) is 0 Å². The Morgan fingerprint density at radius 2 is 1.86 bits per heavy atom. The van der Waals surface area contributed by atoms with Crippen molar-refractivity contribution < 1.29 is 4.79 Å². The van der Waals surface area contributed by atoms with Crippen LogP contribution in [0.4, 0.5) is 11.5 Å². The second kappa shape index (κ2) is 9.22. The molecule has 1 aliphatic rings. The molecule has 1 amide bonds. The van der Waals surface area contributed by atoms with Gasteiger partial charge in [-0.2, -0.15) is 0 Å². The molecule has 4 aromatic rings. The number of anilines is 2. The molecule has 0 saturated carbocycles. The summed E-state index contributed by atoms with van der Waals surface area (Å²) in [5.74, 6) is 0.817. The van der Waals surface area contributed by atoms with Gasteiger partial charge in [0, 0.05) is 23.9 Å². The number of rotatable bonds is 5. The average Bonchev–Trinajstić information content (AvgIpc) is 3.18. The van der Waals surface area contributed by atoms with Crippen molar-refractivity contribution in [3.63, 3.8) is 0 Å². The summed E-state index contributed by atoms with van der Waals surface area (Å²) in [5, 5.41) is 3.77. The van der Waals surface area contributed by atoms with Gasteiger partial charge in [-0.1, -0.05) is 55.1 Å². The predicted molar refractivity (Wildman–Crippen MR) is 143 cm³/mol. The van der Waals surface area contributed by atoms with Crippen molar-refractivity contribution >= 4 is 34.0 Å². The van der Waals surface area contributed by atoms with Crippen LogP contribution >= 0.6 is 0 Å². The van der Waals surface area contributed by atoms with Crippen LogP contribution in [0.3, 0.4) is 0 Å². The third-order valence-electron chi connectivity index (χ3n) is 6.80. The number of allylic oxidation sites excluding steroid dienone is 2. The molecule has 2 heterocycles. The van der Waals surface area contributed by atoms with Gasteiger partial charge < -0.3 is 15.6 Å². The summed E-state index contributed by atoms with van der Waals surface area (Å²) >= 11 is 0. The number of carbonyl (C=O) groups excluding carboxylic acids is 1. The summed E-state index contributed by atoms with van der Waals surface area (Å²) in [6, 6.07) is 18.6. The summed E-state index contributed by atoms with van der Waals surface area (Å²) in [5.41, 5.74) is 14.3. The number of nitrogens with two attached hydrogens (primary N) is 1. The average molecular weight is 464 g/mol. The summed E-state index contributed by atoms with van der Waals surface area (Å²) in [6.07, 6.45) is 6.88. The molecule has 0 radical (unpaired) electrons. The summed E-state index contributed by atoms with van der Waals surface area (Å²) in [7, 11) is 2.01. The van der Waals surface area contributed by atoms with Crippen molar-refractivity contribution in [3.8, 4) is 11.3 Å². The first kappa shape index (κ1) is 22.6. The van der Waals surface area contributed by atoms with Crippen molar-refractivity contribution in [2.45, 2.75) is 32.1 Å². The molecule has 3 N–H and O–H groups in total. The standard InChI is InChI=1S/C29H29N5O/c1-18(2)29(35)33-23-15-13-22(14-16-23)26-24(25-27(30)31-17-32-28(25)34(26)3)21-11-9-20(10-12-21)19-7-5-4-6-8-19/h4-8,11,13-17,20H,1,9-10,12H2,2-3H3,(H,33,35)(H2,30,31,32). The first-order chi connectivity index (χ1) is 16.9. The van der Waals surface area contributed by atoms with E-state index in [1.807, 2.05) is 31.3 Å². The minimum atomic E-state index is -0.188. The smallest absolute Gasteiger partial charge is 0.250 e. The van der Waals surface area contributed by atoms with Gasteiger partial charge in [0.25, 0.3) is 5.91 Å². The van der Waals surface area contributed by atoms with Crippen LogP contribution in [-0.4, -0.2) is 20.4 Å². The van der Waals surface area contributed by atoms with Crippen LogP contribution in [0, 0.1) is 0 Å². The van der Waals surface area contributed by atoms with E-state index in [0.29, 0.717) is 17.3 Å². The van der Waals surface area contributed by atoms with E-state index in [2.05, 4.69) is 62.8 Å². The Bertz CT molecular complexity index is 1450. The second-order valence-corrected chi connectivity index (χ2v) is 9.16. The Morgan fingerprint density at radius 3 is 2.51 bits per heavy atom. The molecular weight excluding hydrogens is 434 g/mol. The van der Waals surface area contributed by atoms with Gasteiger partial charge in [-0.3, -0.25) is 4.79 Å². The Morgan fingerprint density at radius 1 is 1.11 bits per heavy atom. The molecular formula is C29H29N5O. The molecule has 1 aliphatic carbocycles. The van der Waals surface area contributed by atoms with Crippen LogP contribution in [0.15, 0.2) is 79.2 Å². The van der Waals surface area contributed by atoms with Gasteiger partial charge in [0.05, 0.1) is 11.1 Å². The zero-order valence-corrected chi connectivity index (χ0v) is 20.1. The minimum absolute atomic E-state index is 0.188. The van der Waals surface area contributed by atoms with E-state index < -0.39 is 0 Å². The lowest BCUT2D eigenvalue weighted by atomic mass is 9.82. The Hall–Kier alpha value is -4.19. The third-order valence-corrected chi connectivity index (χ3v) is 6.80. The molecule has 0 spiro atoms. The van der Waals surface area contributed by atoms with Gasteiger partial charge in [-0.05, 0) is 60.9 Å². The van der Waals surface area contributed by atoms with Gasteiger partial charge in [-0.15, -0.1) is 0 Å². The molecule has 5 rings (SSSR count). The number of carbonyl (C=O) groups is 1. The summed E-state index contributed by atoms with van der Waals surface area (Å²) < 4.78 is 2.09. The van der Waals surface area contributed by atoms with Gasteiger partial charge >= 0.3 is 0 Å². The highest BCUT2D eigenvalue weighted by Crippen LogP contribution is 2.44. The van der Waals surface area contributed by atoms with Crippen LogP contribution in [0.1, 0.15) is 43.2 Å². The van der Waals surface area contributed by atoms with E-state index >= 15 is 0 Å². The number of aromatic nitrogens is 3. The number of benzene rings is 2. The van der Waals surface area contributed by atoms with Crippen molar-refractivity contribution in [2.24, 2.45) is 7.05 Å². The van der Waals surface area contributed by atoms with Crippen LogP contribution in [0.25, 0.3) is 27.9 Å². The zero-order chi connectivity index (χ0) is 24.5. The normalized spacial score (nSPS) is 15.6. The molecule has 6 nitrogen and oxygen atoms in total. The number of hydrogen-bond acceptors (Lipinski definition) is 4. The zero-order valence-electron chi connectivity index (χ0n) is 20.1. The monoisotopic (exact) mass is 463 g/mol. The summed E-state index contributed by atoms with van der Waals surface area (Å²) in [6.45, 7) is 5.39. The fraction of sp³-hybridized carbons (Fsp3) is 0.207. The fourth-order valence-electron chi connectivity index (χ4n) is 4.96. The van der Waals surface area contributed by atoms with Crippen LogP contribution in [0.2, 0.25) is 0 Å². The second-order valence-electron chi connectivity index (χ2n) is 9.16. The van der Waals surface area contributed by atoms with E-state index in [-0.39, 0.29) is 5.91 Å². The van der Waals surface area contributed by atoms with Crippen molar-refractivity contribution in [3.05, 3.63) is 90.3 Å². The first-order valence-electron chi connectivity index (χ1n) is 11.8. The third kappa shape index (κ3) is 4.23. The lowest BCUT2D eigenvalue weighted by molar-refractivity contribution is -0.112. The van der Waals surface area contributed by atoms with Crippen molar-refractivity contribution in [1.82, 2.24) is 14.5 Å². The van der Waals surface area contributed by atoms with E-state index in [9.17, 15) is 4.79 Å². The summed E-state index contributed by atoms with van der Waals surface area (Å²) in [4.78, 5) is 20.9. The number of nitrogens with zero attached hydrogens (tertiary/aromatic N) is 3. The lowest BCUT2D eigenvalue weighted by Crippen LogP contribution is -2.11. The number of nitrogens with one attached hydrogen (secondary N) is 1. The Balaban J connectivity index is 1.57. The van der Waals surface area contributed by atoms with E-state index in [0.717, 1.165) is 52.8 Å². The molecule has 1 unspecified atom stereocenters. The van der Waals surface area contributed by atoms with Crippen LogP contribution < -0.4 is 11.1 Å². The lowest BCUT2D eigenvalue weighted by Gasteiger charge is -2.23. The van der Waals surface area contributed by atoms with E-state index in [4.69, 9.17) is 5.73 Å². The fourth-order valence-corrected chi connectivity index (χ4v) is 4.96. The maximum absolute atomic E-state index is 12.0. The minimum Gasteiger partial charge on any atom is -0.383 e. The number of nitrogen functional groups attached to an aromatic ring is 1. The van der Waals surface area contributed by atoms with Crippen LogP contribution in [0.5, 0.6) is 0 Å². The maximum Gasteiger partial charge on any atom is 0.250 e. The van der Waals surface area contributed by atoms with Crippen LogP contribution in [-0.2, 0) is 11.8 Å². The van der Waals surface area contributed by atoms with Gasteiger partial charge in [0.15, 0.2) is 0 Å². The Kier molecular flexibility index (Phi) is 5.95. The molecule has 2 aromatic carbocycles. The largest absolute Gasteiger partial charge is 0.383 e. The molecule has 6 heteroatoms. The predicted octanol–water partition coefficient (Wildman–Crippen LogP) is 6.08. The molecule has 35 heavy (non-hydrogen) atoms. The topological polar surface area (TPSA) is 85.8 Å². The number of fused-ring (bicyclic) bond motifs is 1. The van der Waals surface area contributed by atoms with Gasteiger partial charge in [-0.25, -0.2) is 9.97 Å². The SMILES string of the molecule is C=C(C)C(=O)Nc1ccc(-c2c(C3=CCC(c4ccccc4)CC3)c3c(N)ncnc3n2C)cc1. The Labute approximate surface area is 205 Å². The highest BCUT2D eigenvalue weighted by atomic mass is 16.1. The highest BCUT2D eigenvalue weighted by Gasteiger charge is 2.26. The van der Waals surface area contributed by atoms with Gasteiger partial charge in [0.1, 0.15) is 17.8 Å². The highest BCUT2D eigenvalue weighted by molar-refractivity contribution is 6.05. The molecule has 2 aromatic heterocycles. The molecule has 1 atom stereocenters.